The third kappa shape index (κ3) is 8.81. The van der Waals surface area contributed by atoms with Gasteiger partial charge in [0, 0.05) is 62.4 Å². The fourth-order valence-electron chi connectivity index (χ4n) is 11.9. The molecule has 0 radical (unpaired) electrons. The molecular weight excluding hydrogens is 1030 g/mol. The van der Waals surface area contributed by atoms with Gasteiger partial charge in [0.15, 0.2) is 33.0 Å². The van der Waals surface area contributed by atoms with Crippen LogP contribution in [0.3, 0.4) is 0 Å². The second-order valence-corrected chi connectivity index (χ2v) is 22.8. The molecule has 0 bridgehead atoms. The van der Waals surface area contributed by atoms with Gasteiger partial charge in [-0.15, -0.1) is 10.2 Å². The van der Waals surface area contributed by atoms with Crippen LogP contribution in [0.4, 0.5) is 8.78 Å². The molecule has 4 fully saturated rings. The molecule has 390 valence electrons. The van der Waals surface area contributed by atoms with Gasteiger partial charge >= 0.3 is 0 Å². The summed E-state index contributed by atoms with van der Waals surface area (Å²) in [6, 6.07) is 39.4. The first-order valence-corrected chi connectivity index (χ1v) is 27.3. The zero-order valence-corrected chi connectivity index (χ0v) is 44.4. The summed E-state index contributed by atoms with van der Waals surface area (Å²) in [5.74, 6) is 3.60. The summed E-state index contributed by atoms with van der Waals surface area (Å²) in [4.78, 5) is 12.8. The van der Waals surface area contributed by atoms with Crippen LogP contribution in [0.1, 0.15) is 40.3 Å². The van der Waals surface area contributed by atoms with E-state index in [4.69, 9.17) is 13.8 Å². The zero-order valence-electron chi connectivity index (χ0n) is 42.8. The summed E-state index contributed by atoms with van der Waals surface area (Å²) in [6.07, 6.45) is 7.33. The van der Waals surface area contributed by atoms with Crippen LogP contribution in [0.15, 0.2) is 171 Å². The highest BCUT2D eigenvalue weighted by Crippen LogP contribution is 2.70. The van der Waals surface area contributed by atoms with Crippen LogP contribution in [0.2, 0.25) is 0 Å². The van der Waals surface area contributed by atoms with Gasteiger partial charge < -0.3 is 8.83 Å². The second kappa shape index (κ2) is 19.2. The highest BCUT2D eigenvalue weighted by atomic mass is 32.2. The minimum absolute atomic E-state index is 0.133. The molecular formula is C58H50F2N14O2S2. The van der Waals surface area contributed by atoms with E-state index in [1.54, 1.807) is 64.0 Å². The largest absolute Gasteiger partial charge is 0.440 e. The fourth-order valence-corrected chi connectivity index (χ4v) is 13.9. The Balaban J connectivity index is 0.000000119. The van der Waals surface area contributed by atoms with Gasteiger partial charge in [0.1, 0.15) is 22.7 Å². The zero-order chi connectivity index (χ0) is 52.8. The van der Waals surface area contributed by atoms with E-state index in [0.717, 1.165) is 103 Å². The molecule has 2 saturated carbocycles. The van der Waals surface area contributed by atoms with Gasteiger partial charge in [0.2, 0.25) is 0 Å². The average Bonchev–Trinajstić information content (AvgIpc) is 3.14. The Kier molecular flexibility index (Phi) is 11.9. The van der Waals surface area contributed by atoms with Gasteiger partial charge in [0.05, 0.1) is 53.1 Å². The number of oxazole rings is 2. The number of aromatic nitrogens is 12. The van der Waals surface area contributed by atoms with Crippen LogP contribution in [0, 0.1) is 43.2 Å². The molecule has 2 aliphatic carbocycles. The molecule has 5 atom stereocenters. The number of hydrogen-bond donors (Lipinski definition) is 0. The minimum Gasteiger partial charge on any atom is -0.440 e. The number of piperidine rings is 2. The standard InChI is InChI=1S/C29H24FN7OS.C15H15N5OS.C14H11FN2/c1-17-11-24-18(13-32-37(24)20-9-7-19(30)8-10-20)12-21(17)29-16-36(39-26-14-31-35(2)34-26)15-22(29)27(29)28-33-23-5-3-4-6-25(23)38-28;1-19-16-6-13(18-19)22-20-7-9-10(8-20)14(9)15-17-11-4-2-3-5-12(11)21-15;1-10-2-3-11-9-16-17(14(11)8-10)13-6-4-12(15)5-7-13/h3-14,22,27H,15-16H2,1-2H3;2-6,9-10,14H,7-8H2,1H3;2-9H,1H3. The maximum Gasteiger partial charge on any atom is 0.199 e. The number of nitrogens with zero attached hydrogens (tertiary/aromatic N) is 14. The molecule has 6 aromatic carbocycles. The molecule has 4 aliphatic rings. The lowest BCUT2D eigenvalue weighted by molar-refractivity contribution is 0.432. The van der Waals surface area contributed by atoms with Crippen LogP contribution in [-0.4, -0.2) is 94.3 Å². The number of hydrogen-bond acceptors (Lipinski definition) is 14. The van der Waals surface area contributed by atoms with Crippen LogP contribution in [-0.2, 0) is 19.5 Å². The number of para-hydroxylation sites is 4. The van der Waals surface area contributed by atoms with E-state index in [1.165, 1.54) is 41.0 Å². The highest BCUT2D eigenvalue weighted by molar-refractivity contribution is 7.97. The Morgan fingerprint density at radius 2 is 1.12 bits per heavy atom. The van der Waals surface area contributed by atoms with Gasteiger partial charge in [-0.25, -0.2) is 36.7 Å². The van der Waals surface area contributed by atoms with Crippen LogP contribution >= 0.6 is 23.9 Å². The summed E-state index contributed by atoms with van der Waals surface area (Å²) in [6.45, 7) is 8.09. The molecule has 2 saturated heterocycles. The lowest BCUT2D eigenvalue weighted by Crippen LogP contribution is -2.24. The van der Waals surface area contributed by atoms with E-state index >= 15 is 0 Å². The van der Waals surface area contributed by atoms with E-state index < -0.39 is 0 Å². The van der Waals surface area contributed by atoms with Crippen molar-refractivity contribution in [2.75, 3.05) is 26.2 Å². The van der Waals surface area contributed by atoms with Gasteiger partial charge in [-0.3, -0.25) is 0 Å². The molecule has 2 aliphatic heterocycles. The van der Waals surface area contributed by atoms with Gasteiger partial charge in [-0.05, 0) is 163 Å². The van der Waals surface area contributed by atoms with E-state index in [-0.39, 0.29) is 23.0 Å². The Morgan fingerprint density at radius 3 is 1.71 bits per heavy atom. The number of halogens is 2. The monoisotopic (exact) mass is 1080 g/mol. The van der Waals surface area contributed by atoms with Crippen molar-refractivity contribution < 1.29 is 17.6 Å². The van der Waals surface area contributed by atoms with Crippen LogP contribution in [0.25, 0.3) is 55.4 Å². The van der Waals surface area contributed by atoms with Gasteiger partial charge in [-0.1, -0.05) is 36.4 Å². The van der Waals surface area contributed by atoms with Crippen molar-refractivity contribution in [3.63, 3.8) is 0 Å². The van der Waals surface area contributed by atoms with Crippen molar-refractivity contribution in [1.82, 2.24) is 68.1 Å². The van der Waals surface area contributed by atoms with Crippen molar-refractivity contribution >= 4 is 67.9 Å². The van der Waals surface area contributed by atoms with Gasteiger partial charge in [-0.2, -0.15) is 30.0 Å². The predicted octanol–water partition coefficient (Wildman–Crippen LogP) is 11.2. The van der Waals surface area contributed by atoms with E-state index in [1.807, 2.05) is 104 Å². The number of benzene rings is 6. The lowest BCUT2D eigenvalue weighted by Gasteiger charge is -2.23. The van der Waals surface area contributed by atoms with Crippen molar-refractivity contribution in [3.05, 3.63) is 192 Å². The third-order valence-electron chi connectivity index (χ3n) is 15.6. The van der Waals surface area contributed by atoms with E-state index in [9.17, 15) is 8.78 Å². The molecule has 0 N–H and O–H groups in total. The van der Waals surface area contributed by atoms with Crippen molar-refractivity contribution in [2.24, 2.45) is 31.8 Å². The molecule has 0 spiro atoms. The summed E-state index contributed by atoms with van der Waals surface area (Å²) in [7, 11) is 3.68. The molecule has 0 amide bonds. The maximum atomic E-state index is 13.5. The minimum atomic E-state index is -0.261. The van der Waals surface area contributed by atoms with Crippen molar-refractivity contribution in [2.45, 2.75) is 41.2 Å². The molecule has 5 unspecified atom stereocenters. The third-order valence-corrected chi connectivity index (χ3v) is 17.4. The van der Waals surface area contributed by atoms with Gasteiger partial charge in [0.25, 0.3) is 0 Å². The Bertz CT molecular complexity index is 4110. The number of aryl methyl sites for hydroxylation is 4. The number of fused-ring (bicyclic) bond motifs is 6. The van der Waals surface area contributed by atoms with Crippen LogP contribution < -0.4 is 0 Å². The maximum absolute atomic E-state index is 13.5. The quantitative estimate of drug-likeness (QED) is 0.126. The Labute approximate surface area is 454 Å². The van der Waals surface area contributed by atoms with Crippen molar-refractivity contribution in [1.29, 1.82) is 0 Å². The topological polar surface area (TPSA) is 156 Å². The first kappa shape index (κ1) is 48.3. The molecule has 20 heteroatoms. The normalized spacial score (nSPS) is 21.4. The summed E-state index contributed by atoms with van der Waals surface area (Å²) in [5.41, 5.74) is 10.9. The molecule has 16 rings (SSSR count). The smallest absolute Gasteiger partial charge is 0.199 e. The lowest BCUT2D eigenvalue weighted by atomic mass is 9.88. The van der Waals surface area contributed by atoms with E-state index in [2.05, 4.69) is 75.4 Å². The number of rotatable bonds is 9. The summed E-state index contributed by atoms with van der Waals surface area (Å²) < 4.78 is 47.1. The molecule has 8 heterocycles. The highest BCUT2D eigenvalue weighted by Gasteiger charge is 2.72. The van der Waals surface area contributed by atoms with Crippen LogP contribution in [0.5, 0.6) is 0 Å². The molecule has 6 aromatic heterocycles. The van der Waals surface area contributed by atoms with E-state index in [0.29, 0.717) is 23.7 Å². The summed E-state index contributed by atoms with van der Waals surface area (Å²) in [5, 5.41) is 30.1. The second-order valence-electron chi connectivity index (χ2n) is 20.6. The molecule has 12 aromatic rings. The first-order valence-electron chi connectivity index (χ1n) is 25.8. The van der Waals surface area contributed by atoms with Crippen molar-refractivity contribution in [3.8, 4) is 11.4 Å². The molecule has 16 nitrogen and oxygen atoms in total. The Morgan fingerprint density at radius 1 is 0.564 bits per heavy atom. The molecule has 78 heavy (non-hydrogen) atoms. The summed E-state index contributed by atoms with van der Waals surface area (Å²) >= 11 is 3.35. The predicted molar refractivity (Wildman–Crippen MR) is 294 cm³/mol. The SMILES string of the molecule is Cc1cc2c(cnn2-c2ccc(F)cc2)cc1C12CN(Sc3cnn(C)n3)CC1C2c1nc2ccccc2o1.Cc1ccc2cnn(-c3ccc(F)cc3)c2c1.Cn1ncc(SN2CC3C(C2)C3c2nc3ccccc3o2)n1. The Hall–Kier alpha value is -8.04. The first-order chi connectivity index (χ1) is 38.0. The average molecular weight is 1080 g/mol. The fraction of sp³-hybridized carbons (Fsp3) is 0.241.